The minimum absolute atomic E-state index is 0.0203. The van der Waals surface area contributed by atoms with Crippen molar-refractivity contribution < 1.29 is 23.9 Å². The highest BCUT2D eigenvalue weighted by Gasteiger charge is 2.18. The van der Waals surface area contributed by atoms with Crippen LogP contribution in [0.2, 0.25) is 0 Å². The minimum atomic E-state index is -0.472. The third-order valence-corrected chi connectivity index (χ3v) is 5.74. The molecule has 0 fully saturated rings. The van der Waals surface area contributed by atoms with Gasteiger partial charge in [-0.1, -0.05) is 36.4 Å². The number of carbonyl (C=O) groups excluding carboxylic acids is 3. The number of para-hydroxylation sites is 2. The number of rotatable bonds is 12. The summed E-state index contributed by atoms with van der Waals surface area (Å²) in [6.07, 6.45) is 0.263. The number of nitrogens with one attached hydrogen (secondary N) is 3. The summed E-state index contributed by atoms with van der Waals surface area (Å²) < 4.78 is 10.7. The number of esters is 1. The fourth-order valence-electron chi connectivity index (χ4n) is 3.75. The molecule has 0 saturated heterocycles. The van der Waals surface area contributed by atoms with Gasteiger partial charge in [0.1, 0.15) is 12.2 Å². The third-order valence-electron chi connectivity index (χ3n) is 5.74. The first-order chi connectivity index (χ1) is 18.3. The molecule has 3 aromatic rings. The Balaban J connectivity index is 1.42. The molecule has 0 aliphatic rings. The van der Waals surface area contributed by atoms with Gasteiger partial charge in [0.25, 0.3) is 0 Å². The van der Waals surface area contributed by atoms with Crippen molar-refractivity contribution in [3.05, 3.63) is 83.4 Å². The number of amides is 2. The lowest BCUT2D eigenvalue weighted by Crippen LogP contribution is -2.28. The lowest BCUT2D eigenvalue weighted by atomic mass is 10.1. The molecule has 0 atom stereocenters. The van der Waals surface area contributed by atoms with Gasteiger partial charge in [-0.3, -0.25) is 4.79 Å². The van der Waals surface area contributed by atoms with E-state index < -0.39 is 5.97 Å². The van der Waals surface area contributed by atoms with E-state index in [1.165, 1.54) is 7.11 Å². The average Bonchev–Trinajstić information content (AvgIpc) is 2.90. The molecule has 200 valence electrons. The first kappa shape index (κ1) is 28.2. The summed E-state index contributed by atoms with van der Waals surface area (Å²) in [5, 5.41) is 8.70. The van der Waals surface area contributed by atoms with Crippen LogP contribution in [0.3, 0.4) is 0 Å². The number of hydrogen-bond donors (Lipinski definition) is 3. The number of benzene rings is 3. The van der Waals surface area contributed by atoms with Gasteiger partial charge in [-0.15, -0.1) is 0 Å². The number of carbonyl (C=O) groups is 3. The summed E-state index contributed by atoms with van der Waals surface area (Å²) in [5.41, 5.74) is 4.30. The Morgan fingerprint density at radius 1 is 0.895 bits per heavy atom. The lowest BCUT2D eigenvalue weighted by Gasteiger charge is -2.20. The predicted octanol–water partition coefficient (Wildman–Crippen LogP) is 4.27. The second-order valence-electron chi connectivity index (χ2n) is 8.87. The number of nitrogens with zero attached hydrogens (tertiary/aromatic N) is 1. The molecule has 0 spiro atoms. The molecule has 0 radical (unpaired) electrons. The SMILES string of the molecule is COC(=O)c1cccc(N(C)C)c1OCCNCC(=O)Cc1ccc(NC(=O)Nc2ccccc2C)cc1. The van der Waals surface area contributed by atoms with Gasteiger partial charge in [0, 0.05) is 38.4 Å². The maximum absolute atomic E-state index is 12.4. The number of anilines is 3. The van der Waals surface area contributed by atoms with Gasteiger partial charge in [-0.25, -0.2) is 9.59 Å². The molecule has 3 aromatic carbocycles. The second-order valence-corrected chi connectivity index (χ2v) is 8.87. The Labute approximate surface area is 223 Å². The molecule has 9 nitrogen and oxygen atoms in total. The van der Waals surface area contributed by atoms with Crippen LogP contribution < -0.4 is 25.6 Å². The first-order valence-corrected chi connectivity index (χ1v) is 12.2. The van der Waals surface area contributed by atoms with Crippen molar-refractivity contribution in [1.82, 2.24) is 5.32 Å². The minimum Gasteiger partial charge on any atom is -0.489 e. The van der Waals surface area contributed by atoms with Crippen molar-refractivity contribution in [3.63, 3.8) is 0 Å². The Hall–Kier alpha value is -4.37. The molecule has 9 heteroatoms. The number of Topliss-reactive ketones (excluding diaryl/α,β-unsaturated/α-hetero) is 1. The number of ether oxygens (including phenoxy) is 2. The molecule has 38 heavy (non-hydrogen) atoms. The van der Waals surface area contributed by atoms with Crippen LogP contribution in [0.1, 0.15) is 21.5 Å². The second kappa shape index (κ2) is 13.8. The highest BCUT2D eigenvalue weighted by atomic mass is 16.5. The number of hydrogen-bond acceptors (Lipinski definition) is 7. The van der Waals surface area contributed by atoms with Gasteiger partial charge in [0.05, 0.1) is 19.3 Å². The van der Waals surface area contributed by atoms with Crippen LogP contribution >= 0.6 is 0 Å². The number of methoxy groups -OCH3 is 1. The number of ketones is 1. The molecule has 3 N–H and O–H groups in total. The normalized spacial score (nSPS) is 10.4. The molecule has 0 aromatic heterocycles. The Morgan fingerprint density at radius 3 is 2.32 bits per heavy atom. The highest BCUT2D eigenvalue weighted by molar-refractivity contribution is 6.00. The maximum Gasteiger partial charge on any atom is 0.341 e. The van der Waals surface area contributed by atoms with E-state index >= 15 is 0 Å². The van der Waals surface area contributed by atoms with Gasteiger partial charge < -0.3 is 30.3 Å². The standard InChI is InChI=1S/C29H34N4O5/c1-20-8-5-6-10-25(20)32-29(36)31-22-14-12-21(13-15-22)18-23(34)19-30-16-17-38-27-24(28(35)37-4)9-7-11-26(27)33(2)3/h5-15,30H,16-19H2,1-4H3,(H2,31,32,36). The molecule has 3 rings (SSSR count). The van der Waals surface area contributed by atoms with Crippen LogP contribution in [-0.4, -0.2) is 58.7 Å². The molecule has 0 aliphatic carbocycles. The van der Waals surface area contributed by atoms with Gasteiger partial charge in [-0.05, 0) is 48.4 Å². The molecule has 0 bridgehead atoms. The van der Waals surface area contributed by atoms with Gasteiger partial charge in [0.2, 0.25) is 0 Å². The van der Waals surface area contributed by atoms with Crippen LogP contribution in [0.4, 0.5) is 21.9 Å². The van der Waals surface area contributed by atoms with Crippen molar-refractivity contribution in [2.75, 3.05) is 56.4 Å². The molecule has 0 heterocycles. The summed E-state index contributed by atoms with van der Waals surface area (Å²) in [4.78, 5) is 38.6. The van der Waals surface area contributed by atoms with Crippen LogP contribution in [0.15, 0.2) is 66.7 Å². The fraction of sp³-hybridized carbons (Fsp3) is 0.276. The van der Waals surface area contributed by atoms with Gasteiger partial charge in [-0.2, -0.15) is 0 Å². The maximum atomic E-state index is 12.4. The quantitative estimate of drug-likeness (QED) is 0.243. The molecular formula is C29H34N4O5. The van der Waals surface area contributed by atoms with Crippen molar-refractivity contribution >= 4 is 34.8 Å². The fourth-order valence-corrected chi connectivity index (χ4v) is 3.75. The van der Waals surface area contributed by atoms with Gasteiger partial charge in [0.15, 0.2) is 11.5 Å². The molecule has 0 saturated carbocycles. The summed E-state index contributed by atoms with van der Waals surface area (Å²) in [7, 11) is 5.06. The monoisotopic (exact) mass is 518 g/mol. The van der Waals surface area contributed by atoms with Crippen LogP contribution in [-0.2, 0) is 16.0 Å². The molecule has 0 aliphatic heterocycles. The topological polar surface area (TPSA) is 109 Å². The molecular weight excluding hydrogens is 484 g/mol. The first-order valence-electron chi connectivity index (χ1n) is 12.2. The zero-order valence-corrected chi connectivity index (χ0v) is 22.2. The zero-order valence-electron chi connectivity index (χ0n) is 22.2. The summed E-state index contributed by atoms with van der Waals surface area (Å²) in [5.74, 6) is -0.00863. The third kappa shape index (κ3) is 8.07. The predicted molar refractivity (Wildman–Crippen MR) is 149 cm³/mol. The van der Waals surface area contributed by atoms with E-state index in [0.717, 1.165) is 22.5 Å². The number of aryl methyl sites for hydroxylation is 1. The smallest absolute Gasteiger partial charge is 0.341 e. The summed E-state index contributed by atoms with van der Waals surface area (Å²) in [6, 6.07) is 19.7. The van der Waals surface area contributed by atoms with E-state index in [1.54, 1.807) is 24.3 Å². The zero-order chi connectivity index (χ0) is 27.5. The molecule has 0 unspecified atom stereocenters. The van der Waals surface area contributed by atoms with Crippen molar-refractivity contribution in [2.24, 2.45) is 0 Å². The largest absolute Gasteiger partial charge is 0.489 e. The van der Waals surface area contributed by atoms with E-state index in [0.29, 0.717) is 23.5 Å². The van der Waals surface area contributed by atoms with E-state index in [-0.39, 0.29) is 31.4 Å². The van der Waals surface area contributed by atoms with E-state index in [4.69, 9.17) is 9.47 Å². The highest BCUT2D eigenvalue weighted by Crippen LogP contribution is 2.31. The molecule has 2 amide bonds. The Morgan fingerprint density at radius 2 is 1.63 bits per heavy atom. The number of urea groups is 1. The lowest BCUT2D eigenvalue weighted by molar-refractivity contribution is -0.117. The summed E-state index contributed by atoms with van der Waals surface area (Å²) >= 11 is 0. The van der Waals surface area contributed by atoms with E-state index in [2.05, 4.69) is 16.0 Å². The van der Waals surface area contributed by atoms with E-state index in [1.807, 2.05) is 68.4 Å². The van der Waals surface area contributed by atoms with Crippen molar-refractivity contribution in [3.8, 4) is 5.75 Å². The van der Waals surface area contributed by atoms with Crippen molar-refractivity contribution in [2.45, 2.75) is 13.3 Å². The van der Waals surface area contributed by atoms with Crippen molar-refractivity contribution in [1.29, 1.82) is 0 Å². The Kier molecular flexibility index (Phi) is 10.2. The van der Waals surface area contributed by atoms with Crippen LogP contribution in [0, 0.1) is 6.92 Å². The summed E-state index contributed by atoms with van der Waals surface area (Å²) in [6.45, 7) is 2.80. The van der Waals surface area contributed by atoms with E-state index in [9.17, 15) is 14.4 Å². The van der Waals surface area contributed by atoms with Crippen LogP contribution in [0.25, 0.3) is 0 Å². The van der Waals surface area contributed by atoms with Gasteiger partial charge >= 0.3 is 12.0 Å². The average molecular weight is 519 g/mol. The van der Waals surface area contributed by atoms with Crippen LogP contribution in [0.5, 0.6) is 5.75 Å². The Bertz CT molecular complexity index is 1260.